The highest BCUT2D eigenvalue weighted by Crippen LogP contribution is 2.25. The summed E-state index contributed by atoms with van der Waals surface area (Å²) in [6.07, 6.45) is 0. The Hall–Kier alpha value is -0.440. The van der Waals surface area contributed by atoms with E-state index in [9.17, 15) is 4.39 Å². The lowest BCUT2D eigenvalue weighted by Gasteiger charge is -2.08. The molecule has 0 aliphatic heterocycles. The monoisotopic (exact) mass is 231 g/mol. The number of pyridine rings is 1. The van der Waals surface area contributed by atoms with E-state index in [-0.39, 0.29) is 11.7 Å². The first-order valence-corrected chi connectivity index (χ1v) is 4.64. The molecule has 0 aromatic carbocycles. The summed E-state index contributed by atoms with van der Waals surface area (Å²) in [6.45, 7) is 5.78. The number of aromatic nitrogens is 1. The molecule has 66 valence electrons. The molecule has 0 bridgehead atoms. The Bertz CT molecular complexity index is 297. The van der Waals surface area contributed by atoms with E-state index < -0.39 is 0 Å². The van der Waals surface area contributed by atoms with Crippen LogP contribution in [-0.4, -0.2) is 4.98 Å². The standard InChI is InChI=1S/C9H11BrFN/c1-5(2)9-8(10)7(11)4-6(3)12-9/h4-5H,1-3H3. The van der Waals surface area contributed by atoms with Gasteiger partial charge < -0.3 is 0 Å². The molecule has 3 heteroatoms. The van der Waals surface area contributed by atoms with Gasteiger partial charge in [-0.25, -0.2) is 4.39 Å². The van der Waals surface area contributed by atoms with Crippen molar-refractivity contribution in [3.05, 3.63) is 27.7 Å². The molecule has 0 unspecified atom stereocenters. The zero-order chi connectivity index (χ0) is 9.30. The molecule has 1 rings (SSSR count). The molecule has 1 aromatic rings. The van der Waals surface area contributed by atoms with E-state index in [0.29, 0.717) is 4.47 Å². The van der Waals surface area contributed by atoms with Gasteiger partial charge in [0.05, 0.1) is 10.2 Å². The minimum atomic E-state index is -0.230. The fraction of sp³-hybridized carbons (Fsp3) is 0.444. The maximum Gasteiger partial charge on any atom is 0.141 e. The summed E-state index contributed by atoms with van der Waals surface area (Å²) in [6, 6.07) is 1.43. The number of hydrogen-bond acceptors (Lipinski definition) is 1. The van der Waals surface area contributed by atoms with Crippen LogP contribution < -0.4 is 0 Å². The van der Waals surface area contributed by atoms with Crippen molar-refractivity contribution >= 4 is 15.9 Å². The highest BCUT2D eigenvalue weighted by atomic mass is 79.9. The zero-order valence-corrected chi connectivity index (χ0v) is 8.94. The molecule has 0 saturated heterocycles. The van der Waals surface area contributed by atoms with Crippen molar-refractivity contribution in [2.45, 2.75) is 26.7 Å². The van der Waals surface area contributed by atoms with Crippen molar-refractivity contribution in [1.82, 2.24) is 4.98 Å². The lowest BCUT2D eigenvalue weighted by Crippen LogP contribution is -1.98. The van der Waals surface area contributed by atoms with Crippen LogP contribution in [0, 0.1) is 12.7 Å². The van der Waals surface area contributed by atoms with Crippen LogP contribution in [0.3, 0.4) is 0 Å². The molecular weight excluding hydrogens is 221 g/mol. The molecular formula is C9H11BrFN. The maximum atomic E-state index is 13.1. The van der Waals surface area contributed by atoms with Crippen LogP contribution in [0.1, 0.15) is 31.2 Å². The van der Waals surface area contributed by atoms with Gasteiger partial charge in [-0.05, 0) is 34.8 Å². The second-order valence-electron chi connectivity index (χ2n) is 3.10. The number of aryl methyl sites for hydroxylation is 1. The van der Waals surface area contributed by atoms with Gasteiger partial charge in [0.25, 0.3) is 0 Å². The van der Waals surface area contributed by atoms with Crippen LogP contribution in [-0.2, 0) is 0 Å². The molecule has 0 amide bonds. The van der Waals surface area contributed by atoms with Crippen LogP contribution in [0.4, 0.5) is 4.39 Å². The van der Waals surface area contributed by atoms with Gasteiger partial charge in [-0.3, -0.25) is 4.98 Å². The second kappa shape index (κ2) is 3.52. The van der Waals surface area contributed by atoms with Gasteiger partial charge >= 0.3 is 0 Å². The van der Waals surface area contributed by atoms with Crippen molar-refractivity contribution in [2.75, 3.05) is 0 Å². The molecule has 0 N–H and O–H groups in total. The quantitative estimate of drug-likeness (QED) is 0.722. The number of halogens is 2. The van der Waals surface area contributed by atoms with Gasteiger partial charge in [-0.2, -0.15) is 0 Å². The predicted molar refractivity (Wildman–Crippen MR) is 50.7 cm³/mol. The Kier molecular flexibility index (Phi) is 2.83. The molecule has 0 atom stereocenters. The summed E-state index contributed by atoms with van der Waals surface area (Å²) in [7, 11) is 0. The average molecular weight is 232 g/mol. The number of nitrogens with zero attached hydrogens (tertiary/aromatic N) is 1. The highest BCUT2D eigenvalue weighted by molar-refractivity contribution is 9.10. The minimum absolute atomic E-state index is 0.230. The lowest BCUT2D eigenvalue weighted by molar-refractivity contribution is 0.607. The van der Waals surface area contributed by atoms with E-state index in [4.69, 9.17) is 0 Å². The van der Waals surface area contributed by atoms with E-state index in [2.05, 4.69) is 20.9 Å². The van der Waals surface area contributed by atoms with E-state index >= 15 is 0 Å². The third-order valence-corrected chi connectivity index (χ3v) is 2.40. The van der Waals surface area contributed by atoms with Crippen LogP contribution in [0.2, 0.25) is 0 Å². The summed E-state index contributed by atoms with van der Waals surface area (Å²) in [5.74, 6) is 0.0139. The molecule has 1 heterocycles. The SMILES string of the molecule is Cc1cc(F)c(Br)c(C(C)C)n1. The fourth-order valence-electron chi connectivity index (χ4n) is 1.02. The maximum absolute atomic E-state index is 13.1. The molecule has 0 fully saturated rings. The van der Waals surface area contributed by atoms with Gasteiger partial charge in [0.2, 0.25) is 0 Å². The summed E-state index contributed by atoms with van der Waals surface area (Å²) in [5.41, 5.74) is 1.51. The third kappa shape index (κ3) is 1.83. The molecule has 0 radical (unpaired) electrons. The molecule has 0 saturated carbocycles. The van der Waals surface area contributed by atoms with E-state index in [1.165, 1.54) is 6.07 Å². The van der Waals surface area contributed by atoms with Crippen molar-refractivity contribution < 1.29 is 4.39 Å². The summed E-state index contributed by atoms with van der Waals surface area (Å²) >= 11 is 3.18. The van der Waals surface area contributed by atoms with Gasteiger partial charge in [0.15, 0.2) is 0 Å². The Morgan fingerprint density at radius 2 is 2.08 bits per heavy atom. The molecule has 0 spiro atoms. The Morgan fingerprint density at radius 1 is 1.50 bits per heavy atom. The Morgan fingerprint density at radius 3 is 2.58 bits per heavy atom. The smallest absolute Gasteiger partial charge is 0.141 e. The van der Waals surface area contributed by atoms with Crippen molar-refractivity contribution in [3.63, 3.8) is 0 Å². The topological polar surface area (TPSA) is 12.9 Å². The summed E-state index contributed by atoms with van der Waals surface area (Å²) < 4.78 is 13.6. The van der Waals surface area contributed by atoms with Crippen molar-refractivity contribution in [2.24, 2.45) is 0 Å². The average Bonchev–Trinajstić information content (AvgIpc) is 1.96. The fourth-order valence-corrected chi connectivity index (χ4v) is 1.68. The van der Waals surface area contributed by atoms with Crippen LogP contribution >= 0.6 is 15.9 Å². The highest BCUT2D eigenvalue weighted by Gasteiger charge is 2.11. The summed E-state index contributed by atoms with van der Waals surface area (Å²) in [4.78, 5) is 4.25. The largest absolute Gasteiger partial charge is 0.257 e. The first kappa shape index (κ1) is 9.65. The zero-order valence-electron chi connectivity index (χ0n) is 7.36. The molecule has 0 aliphatic rings. The van der Waals surface area contributed by atoms with Crippen LogP contribution in [0.15, 0.2) is 10.5 Å². The molecule has 12 heavy (non-hydrogen) atoms. The van der Waals surface area contributed by atoms with Gasteiger partial charge in [-0.15, -0.1) is 0 Å². The molecule has 0 aliphatic carbocycles. The van der Waals surface area contributed by atoms with Crippen molar-refractivity contribution in [1.29, 1.82) is 0 Å². The normalized spacial score (nSPS) is 10.8. The van der Waals surface area contributed by atoms with E-state index in [1.54, 1.807) is 6.92 Å². The number of rotatable bonds is 1. The lowest BCUT2D eigenvalue weighted by atomic mass is 10.1. The predicted octanol–water partition coefficient (Wildman–Crippen LogP) is 3.42. The van der Waals surface area contributed by atoms with Gasteiger partial charge in [0.1, 0.15) is 5.82 Å². The van der Waals surface area contributed by atoms with Crippen molar-refractivity contribution in [3.8, 4) is 0 Å². The van der Waals surface area contributed by atoms with Crippen LogP contribution in [0.25, 0.3) is 0 Å². The van der Waals surface area contributed by atoms with E-state index in [0.717, 1.165) is 11.4 Å². The summed E-state index contributed by atoms with van der Waals surface area (Å²) in [5, 5.41) is 0. The minimum Gasteiger partial charge on any atom is -0.257 e. The first-order valence-electron chi connectivity index (χ1n) is 3.85. The Balaban J connectivity index is 3.28. The second-order valence-corrected chi connectivity index (χ2v) is 3.89. The Labute approximate surface area is 80.1 Å². The van der Waals surface area contributed by atoms with Crippen LogP contribution in [0.5, 0.6) is 0 Å². The third-order valence-electron chi connectivity index (χ3n) is 1.61. The first-order chi connectivity index (χ1) is 5.52. The molecule has 1 aromatic heterocycles. The number of hydrogen-bond donors (Lipinski definition) is 0. The van der Waals surface area contributed by atoms with Gasteiger partial charge in [-0.1, -0.05) is 13.8 Å². The molecule has 1 nitrogen and oxygen atoms in total. The van der Waals surface area contributed by atoms with Gasteiger partial charge in [0, 0.05) is 5.69 Å². The van der Waals surface area contributed by atoms with E-state index in [1.807, 2.05) is 13.8 Å².